The Morgan fingerprint density at radius 2 is 1.78 bits per heavy atom. The lowest BCUT2D eigenvalue weighted by Gasteiger charge is -2.56. The lowest BCUT2D eigenvalue weighted by atomic mass is 9.49. The third-order valence-electron chi connectivity index (χ3n) is 5.72. The van der Waals surface area contributed by atoms with Gasteiger partial charge in [0.2, 0.25) is 0 Å². The minimum atomic E-state index is 0.448. The van der Waals surface area contributed by atoms with Crippen LogP contribution >= 0.6 is 0 Å². The van der Waals surface area contributed by atoms with Crippen molar-refractivity contribution in [2.24, 2.45) is 30.5 Å². The molecule has 0 aromatic carbocycles. The molecule has 4 aliphatic rings. The number of rotatable bonds is 2. The van der Waals surface area contributed by atoms with Crippen LogP contribution in [0.4, 0.5) is 0 Å². The van der Waals surface area contributed by atoms with Crippen LogP contribution < -0.4 is 5.73 Å². The Morgan fingerprint density at radius 3 is 2.22 bits per heavy atom. The Labute approximate surface area is 109 Å². The summed E-state index contributed by atoms with van der Waals surface area (Å²) in [6.45, 7) is 0.570. The van der Waals surface area contributed by atoms with Gasteiger partial charge in [0, 0.05) is 24.7 Å². The van der Waals surface area contributed by atoms with Crippen LogP contribution in [0, 0.1) is 17.8 Å². The van der Waals surface area contributed by atoms with Crippen LogP contribution in [-0.4, -0.2) is 9.78 Å². The second-order valence-electron chi connectivity index (χ2n) is 7.05. The zero-order chi connectivity index (χ0) is 12.3. The van der Waals surface area contributed by atoms with Gasteiger partial charge in [-0.3, -0.25) is 4.68 Å². The number of hydrogen-bond acceptors (Lipinski definition) is 2. The van der Waals surface area contributed by atoms with Crippen molar-refractivity contribution < 1.29 is 0 Å². The highest BCUT2D eigenvalue weighted by Gasteiger charge is 2.52. The van der Waals surface area contributed by atoms with Gasteiger partial charge in [-0.25, -0.2) is 0 Å². The van der Waals surface area contributed by atoms with Crippen LogP contribution in [0.1, 0.15) is 49.9 Å². The Kier molecular flexibility index (Phi) is 2.20. The second-order valence-corrected chi connectivity index (χ2v) is 7.05. The van der Waals surface area contributed by atoms with Gasteiger partial charge < -0.3 is 5.73 Å². The van der Waals surface area contributed by atoms with E-state index in [0.29, 0.717) is 12.0 Å². The quantitative estimate of drug-likeness (QED) is 0.869. The minimum absolute atomic E-state index is 0.448. The predicted molar refractivity (Wildman–Crippen MR) is 70.9 cm³/mol. The van der Waals surface area contributed by atoms with E-state index >= 15 is 0 Å². The highest BCUT2D eigenvalue weighted by Crippen LogP contribution is 2.60. The van der Waals surface area contributed by atoms with Crippen molar-refractivity contribution in [2.45, 2.75) is 50.5 Å². The van der Waals surface area contributed by atoms with Crippen LogP contribution in [0.15, 0.2) is 6.07 Å². The summed E-state index contributed by atoms with van der Waals surface area (Å²) in [6, 6.07) is 2.28. The minimum Gasteiger partial charge on any atom is -0.325 e. The zero-order valence-corrected chi connectivity index (χ0v) is 11.2. The highest BCUT2D eigenvalue weighted by atomic mass is 15.3. The van der Waals surface area contributed by atoms with Crippen molar-refractivity contribution in [3.8, 4) is 0 Å². The van der Waals surface area contributed by atoms with Gasteiger partial charge in [0.05, 0.1) is 5.69 Å². The molecule has 0 radical (unpaired) electrons. The molecule has 1 aromatic rings. The van der Waals surface area contributed by atoms with Gasteiger partial charge in [-0.15, -0.1) is 0 Å². The Bertz CT molecular complexity index is 439. The van der Waals surface area contributed by atoms with E-state index in [1.165, 1.54) is 44.2 Å². The van der Waals surface area contributed by atoms with E-state index < -0.39 is 0 Å². The molecular weight excluding hydrogens is 222 g/mol. The average molecular weight is 245 g/mol. The molecule has 4 aliphatic carbocycles. The van der Waals surface area contributed by atoms with Gasteiger partial charge in [0.1, 0.15) is 0 Å². The van der Waals surface area contributed by atoms with Crippen LogP contribution in [0.3, 0.4) is 0 Å². The first kappa shape index (κ1) is 11.0. The molecule has 0 amide bonds. The number of nitrogens with zero attached hydrogens (tertiary/aromatic N) is 2. The van der Waals surface area contributed by atoms with E-state index in [1.807, 2.05) is 0 Å². The van der Waals surface area contributed by atoms with Crippen molar-refractivity contribution in [1.82, 2.24) is 9.78 Å². The molecule has 3 heteroatoms. The summed E-state index contributed by atoms with van der Waals surface area (Å²) >= 11 is 0. The first-order chi connectivity index (χ1) is 8.68. The summed E-state index contributed by atoms with van der Waals surface area (Å²) in [7, 11) is 2.10. The smallest absolute Gasteiger partial charge is 0.0763 e. The molecule has 0 atom stereocenters. The number of aromatic nitrogens is 2. The molecular formula is C15H23N3. The molecule has 0 spiro atoms. The lowest BCUT2D eigenvalue weighted by Crippen LogP contribution is -2.49. The maximum atomic E-state index is 5.75. The van der Waals surface area contributed by atoms with Gasteiger partial charge in [-0.05, 0) is 62.3 Å². The van der Waals surface area contributed by atoms with Gasteiger partial charge in [0.25, 0.3) is 0 Å². The first-order valence-corrected chi connectivity index (χ1v) is 7.42. The number of aryl methyl sites for hydroxylation is 1. The molecule has 2 N–H and O–H groups in total. The van der Waals surface area contributed by atoms with Crippen LogP contribution in [-0.2, 0) is 19.0 Å². The Hall–Kier alpha value is -0.830. The average Bonchev–Trinajstić information content (AvgIpc) is 2.69. The topological polar surface area (TPSA) is 43.8 Å². The summed E-state index contributed by atoms with van der Waals surface area (Å²) in [5, 5.41) is 4.58. The van der Waals surface area contributed by atoms with E-state index in [2.05, 4.69) is 22.9 Å². The van der Waals surface area contributed by atoms with Crippen molar-refractivity contribution in [3.05, 3.63) is 17.5 Å². The SMILES string of the molecule is Cn1nc(CN)cc1C12CC3CC(CC(C3)C1)C2. The fourth-order valence-corrected chi connectivity index (χ4v) is 5.55. The summed E-state index contributed by atoms with van der Waals surface area (Å²) in [5.41, 5.74) is 8.73. The van der Waals surface area contributed by atoms with Gasteiger partial charge in [-0.2, -0.15) is 5.10 Å². The van der Waals surface area contributed by atoms with E-state index in [4.69, 9.17) is 5.73 Å². The first-order valence-electron chi connectivity index (χ1n) is 7.42. The molecule has 1 heterocycles. The molecule has 0 saturated heterocycles. The van der Waals surface area contributed by atoms with E-state index in [0.717, 1.165) is 23.4 Å². The van der Waals surface area contributed by atoms with Crippen LogP contribution in [0.2, 0.25) is 0 Å². The van der Waals surface area contributed by atoms with Gasteiger partial charge in [0.15, 0.2) is 0 Å². The van der Waals surface area contributed by atoms with E-state index in [9.17, 15) is 0 Å². The third kappa shape index (κ3) is 1.43. The predicted octanol–water partition coefficient (Wildman–Crippen LogP) is 2.35. The fraction of sp³-hybridized carbons (Fsp3) is 0.800. The normalized spacial score (nSPS) is 41.6. The number of hydrogen-bond donors (Lipinski definition) is 1. The Balaban J connectivity index is 1.76. The lowest BCUT2D eigenvalue weighted by molar-refractivity contribution is -0.00887. The van der Waals surface area contributed by atoms with E-state index in [-0.39, 0.29) is 0 Å². The van der Waals surface area contributed by atoms with Crippen LogP contribution in [0.5, 0.6) is 0 Å². The fourth-order valence-electron chi connectivity index (χ4n) is 5.55. The van der Waals surface area contributed by atoms with Crippen molar-refractivity contribution in [1.29, 1.82) is 0 Å². The molecule has 4 saturated carbocycles. The molecule has 0 unspecified atom stereocenters. The maximum Gasteiger partial charge on any atom is 0.0763 e. The summed E-state index contributed by atoms with van der Waals surface area (Å²) in [5.74, 6) is 2.98. The maximum absolute atomic E-state index is 5.75. The molecule has 4 fully saturated rings. The monoisotopic (exact) mass is 245 g/mol. The largest absolute Gasteiger partial charge is 0.325 e. The summed E-state index contributed by atoms with van der Waals surface area (Å²) in [4.78, 5) is 0. The standard InChI is InChI=1S/C15H23N3/c1-18-14(5-13(9-16)17-18)15-6-10-2-11(7-15)4-12(3-10)8-15/h5,10-12H,2-4,6-9,16H2,1H3. The number of nitrogens with two attached hydrogens (primary N) is 1. The molecule has 5 rings (SSSR count). The second kappa shape index (κ2) is 3.60. The summed E-state index contributed by atoms with van der Waals surface area (Å²) in [6.07, 6.45) is 8.72. The Morgan fingerprint density at radius 1 is 1.22 bits per heavy atom. The molecule has 0 aliphatic heterocycles. The van der Waals surface area contributed by atoms with Crippen LogP contribution in [0.25, 0.3) is 0 Å². The molecule has 1 aromatic heterocycles. The van der Waals surface area contributed by atoms with Crippen molar-refractivity contribution in [2.75, 3.05) is 0 Å². The van der Waals surface area contributed by atoms with Crippen molar-refractivity contribution in [3.63, 3.8) is 0 Å². The highest BCUT2D eigenvalue weighted by molar-refractivity contribution is 5.25. The third-order valence-corrected chi connectivity index (χ3v) is 5.72. The molecule has 3 nitrogen and oxygen atoms in total. The van der Waals surface area contributed by atoms with Gasteiger partial charge in [-0.1, -0.05) is 0 Å². The van der Waals surface area contributed by atoms with Crippen molar-refractivity contribution >= 4 is 0 Å². The van der Waals surface area contributed by atoms with E-state index in [1.54, 1.807) is 0 Å². The molecule has 4 bridgehead atoms. The molecule has 98 valence electrons. The zero-order valence-electron chi connectivity index (χ0n) is 11.2. The molecule has 18 heavy (non-hydrogen) atoms. The van der Waals surface area contributed by atoms with Gasteiger partial charge >= 0.3 is 0 Å². The summed E-state index contributed by atoms with van der Waals surface area (Å²) < 4.78 is 2.12.